The van der Waals surface area contributed by atoms with E-state index in [0.717, 1.165) is 18.5 Å². The van der Waals surface area contributed by atoms with E-state index in [1.165, 1.54) is 24.2 Å². The molecule has 0 radical (unpaired) electrons. The van der Waals surface area contributed by atoms with Crippen molar-refractivity contribution in [1.82, 2.24) is 9.97 Å². The van der Waals surface area contributed by atoms with E-state index in [1.807, 2.05) is 13.8 Å². The predicted molar refractivity (Wildman–Crippen MR) is 53.6 cm³/mol. The molecule has 1 heterocycles. The number of rotatable bonds is 0. The monoisotopic (exact) mass is 265 g/mol. The zero-order valence-corrected chi connectivity index (χ0v) is 14.6. The first kappa shape index (κ1) is 14.8. The second kappa shape index (κ2) is 8.02. The number of imidazole rings is 1. The largest absolute Gasteiger partial charge is 1.00 e. The maximum Gasteiger partial charge on any atom is 1.00 e. The summed E-state index contributed by atoms with van der Waals surface area (Å²) in [5, 5.41) is 0. The molecule has 0 aromatic carbocycles. The molecule has 1 aliphatic carbocycles. The molecule has 14 heavy (non-hydrogen) atoms. The number of hydrogen-bond donors (Lipinski definition) is 1. The van der Waals surface area contributed by atoms with Gasteiger partial charge in [0.05, 0.1) is 0 Å². The fourth-order valence-electron chi connectivity index (χ4n) is 1.54. The summed E-state index contributed by atoms with van der Waals surface area (Å²) in [7, 11) is 1.77. The Balaban J connectivity index is 0.000000531. The van der Waals surface area contributed by atoms with Crippen LogP contribution in [0.4, 0.5) is 0 Å². The van der Waals surface area contributed by atoms with E-state index in [2.05, 4.69) is 15.0 Å². The van der Waals surface area contributed by atoms with Gasteiger partial charge in [0.1, 0.15) is 0 Å². The number of aromatic amines is 1. The van der Waals surface area contributed by atoms with Crippen molar-refractivity contribution in [3.05, 3.63) is 17.0 Å². The van der Waals surface area contributed by atoms with Crippen LogP contribution in [0.3, 0.4) is 0 Å². The number of H-pyrrole nitrogens is 1. The molecule has 74 valence electrons. The van der Waals surface area contributed by atoms with Crippen molar-refractivity contribution in [2.45, 2.75) is 39.5 Å². The van der Waals surface area contributed by atoms with E-state index in [4.69, 9.17) is 0 Å². The van der Waals surface area contributed by atoms with E-state index in [-0.39, 0.29) is 58.2 Å². The topological polar surface area (TPSA) is 42.2 Å². The van der Waals surface area contributed by atoms with Crippen LogP contribution >= 0.6 is 0 Å². The van der Waals surface area contributed by atoms with Gasteiger partial charge in [0.15, 0.2) is 0 Å². The average Bonchev–Trinajstić information content (AvgIpc) is 2.63. The molecule has 4 heteroatoms. The SMILES string of the molecule is CC.CN=c1[n-]c2c([nH]1)CCCC2.[Rb+]. The normalized spacial score (nSPS) is 14.9. The average molecular weight is 266 g/mol. The molecule has 0 spiro atoms. The fraction of sp³-hybridized carbons (Fsp3) is 0.700. The van der Waals surface area contributed by atoms with Crippen LogP contribution in [0.15, 0.2) is 4.99 Å². The summed E-state index contributed by atoms with van der Waals surface area (Å²) < 4.78 is 0. The summed E-state index contributed by atoms with van der Waals surface area (Å²) in [4.78, 5) is 11.6. The second-order valence-electron chi connectivity index (χ2n) is 2.92. The molecule has 0 unspecified atom stereocenters. The van der Waals surface area contributed by atoms with Gasteiger partial charge in [-0.15, -0.1) is 0 Å². The standard InChI is InChI=1S/C8H12N3.C2H6.Rb/c1-9-8-10-6-4-2-3-5-7(6)11-8;1-2;/h2-5H2,1H3,(H-,9,10,11);1-2H3;/q-1;;+1. The van der Waals surface area contributed by atoms with Gasteiger partial charge in [0.25, 0.3) is 0 Å². The molecule has 2 rings (SSSR count). The third-order valence-corrected chi connectivity index (χ3v) is 2.15. The molecular weight excluding hydrogens is 248 g/mol. The van der Waals surface area contributed by atoms with Gasteiger partial charge in [-0.05, 0) is 44.1 Å². The minimum absolute atomic E-state index is 0. The van der Waals surface area contributed by atoms with Crippen molar-refractivity contribution >= 4 is 0 Å². The number of aryl methyl sites for hydroxylation is 2. The Morgan fingerprint density at radius 1 is 1.21 bits per heavy atom. The molecule has 1 N–H and O–H groups in total. The van der Waals surface area contributed by atoms with Crippen molar-refractivity contribution in [2.24, 2.45) is 4.99 Å². The van der Waals surface area contributed by atoms with E-state index >= 15 is 0 Å². The van der Waals surface area contributed by atoms with Crippen LogP contribution in [0.2, 0.25) is 0 Å². The molecular formula is C10H18N3Rb. The quantitative estimate of drug-likeness (QED) is 0.604. The summed E-state index contributed by atoms with van der Waals surface area (Å²) >= 11 is 0. The Bertz CT molecular complexity index is 285. The third-order valence-electron chi connectivity index (χ3n) is 2.15. The Labute approximate surface area is 135 Å². The van der Waals surface area contributed by atoms with Gasteiger partial charge in [-0.1, -0.05) is 13.8 Å². The summed E-state index contributed by atoms with van der Waals surface area (Å²) in [5.41, 5.74) is 3.32. The Kier molecular flexibility index (Phi) is 8.49. The van der Waals surface area contributed by atoms with Gasteiger partial charge in [0, 0.05) is 5.62 Å². The van der Waals surface area contributed by atoms with Crippen LogP contribution in [0.5, 0.6) is 0 Å². The maximum absolute atomic E-state index is 4.35. The summed E-state index contributed by atoms with van der Waals surface area (Å²) in [6, 6.07) is 0. The molecule has 1 aliphatic rings. The maximum atomic E-state index is 4.35. The van der Waals surface area contributed by atoms with Crippen molar-refractivity contribution in [3.63, 3.8) is 0 Å². The van der Waals surface area contributed by atoms with Crippen LogP contribution in [-0.2, 0) is 12.8 Å². The van der Waals surface area contributed by atoms with Gasteiger partial charge in [-0.3, -0.25) is 0 Å². The number of nitrogens with one attached hydrogen (secondary N) is 1. The van der Waals surface area contributed by atoms with E-state index in [1.54, 1.807) is 7.05 Å². The second-order valence-corrected chi connectivity index (χ2v) is 2.92. The van der Waals surface area contributed by atoms with Gasteiger partial charge in [-0.2, -0.15) is 0 Å². The van der Waals surface area contributed by atoms with Gasteiger partial charge < -0.3 is 15.0 Å². The summed E-state index contributed by atoms with van der Waals surface area (Å²) in [6.45, 7) is 4.00. The van der Waals surface area contributed by atoms with Crippen LogP contribution < -0.4 is 68.8 Å². The van der Waals surface area contributed by atoms with Crippen LogP contribution in [-0.4, -0.2) is 12.0 Å². The van der Waals surface area contributed by atoms with E-state index in [0.29, 0.717) is 0 Å². The Hall–Kier alpha value is 0.815. The van der Waals surface area contributed by atoms with Crippen LogP contribution in [0.25, 0.3) is 0 Å². The number of aromatic nitrogens is 2. The smallest absolute Gasteiger partial charge is 0.415 e. The molecule has 1 aromatic heterocycles. The molecule has 1 aromatic rings. The predicted octanol–water partition coefficient (Wildman–Crippen LogP) is -1.59. The first-order chi connectivity index (χ1) is 6.40. The number of fused-ring (bicyclic) bond motifs is 1. The van der Waals surface area contributed by atoms with Gasteiger partial charge in [-0.25, -0.2) is 0 Å². The molecule has 0 saturated carbocycles. The molecule has 3 nitrogen and oxygen atoms in total. The number of nitrogens with zero attached hydrogens (tertiary/aromatic N) is 2. The Morgan fingerprint density at radius 3 is 2.43 bits per heavy atom. The minimum Gasteiger partial charge on any atom is -0.415 e. The Morgan fingerprint density at radius 2 is 1.86 bits per heavy atom. The van der Waals surface area contributed by atoms with Gasteiger partial charge in [0.2, 0.25) is 0 Å². The minimum atomic E-state index is 0. The molecule has 0 atom stereocenters. The molecule has 0 fully saturated rings. The summed E-state index contributed by atoms with van der Waals surface area (Å²) in [6.07, 6.45) is 4.85. The zero-order valence-electron chi connectivity index (χ0n) is 9.72. The first-order valence-electron chi connectivity index (χ1n) is 5.08. The summed E-state index contributed by atoms with van der Waals surface area (Å²) in [5.74, 6) is 0. The van der Waals surface area contributed by atoms with E-state index in [9.17, 15) is 0 Å². The van der Waals surface area contributed by atoms with Crippen LogP contribution in [0, 0.1) is 0 Å². The molecule has 0 bridgehead atoms. The fourth-order valence-corrected chi connectivity index (χ4v) is 1.54. The molecule has 0 amide bonds. The van der Waals surface area contributed by atoms with Crippen molar-refractivity contribution < 1.29 is 58.2 Å². The zero-order chi connectivity index (χ0) is 9.68. The van der Waals surface area contributed by atoms with Crippen molar-refractivity contribution in [1.29, 1.82) is 0 Å². The molecule has 0 aliphatic heterocycles. The molecule has 0 saturated heterocycles. The number of hydrogen-bond acceptors (Lipinski definition) is 1. The van der Waals surface area contributed by atoms with E-state index < -0.39 is 0 Å². The first-order valence-corrected chi connectivity index (χ1v) is 5.08. The van der Waals surface area contributed by atoms with Crippen molar-refractivity contribution in [2.75, 3.05) is 7.05 Å². The third kappa shape index (κ3) is 3.76. The van der Waals surface area contributed by atoms with Crippen LogP contribution in [0.1, 0.15) is 38.1 Å². The van der Waals surface area contributed by atoms with Gasteiger partial charge >= 0.3 is 58.2 Å². The van der Waals surface area contributed by atoms with Crippen molar-refractivity contribution in [3.8, 4) is 0 Å².